The average Bonchev–Trinajstić information content (AvgIpc) is 2.38. The quantitative estimate of drug-likeness (QED) is 0.439. The number of benzene rings is 1. The first kappa shape index (κ1) is 16.7. The maximum atomic E-state index is 12.7. The topological polar surface area (TPSA) is 24.9 Å². The number of hydrogen-bond donors (Lipinski definition) is 1. The van der Waals surface area contributed by atoms with Crippen molar-refractivity contribution in [3.63, 3.8) is 0 Å². The molecule has 0 saturated carbocycles. The Balaban J connectivity index is 2.41. The van der Waals surface area contributed by atoms with E-state index in [-0.39, 0.29) is 21.0 Å². The van der Waals surface area contributed by atoms with Gasteiger partial charge in [-0.2, -0.15) is 13.2 Å². The minimum Gasteiger partial charge on any atom is -0.339 e. The number of alkyl halides is 3. The molecule has 0 fully saturated rings. The standard InChI is InChI=1S/C12H5BrCl3F3N2/c13-6-1-2-7(11(16)10(6)15)20-9-4-5(12(17,18)19)3-8(14)21-9/h1-4H,(H,20,21). The molecule has 1 heterocycles. The Hall–Kier alpha value is -0.690. The van der Waals surface area contributed by atoms with Crippen LogP contribution in [-0.2, 0) is 6.18 Å². The van der Waals surface area contributed by atoms with E-state index < -0.39 is 11.7 Å². The van der Waals surface area contributed by atoms with Crippen LogP contribution in [0.2, 0.25) is 15.2 Å². The molecule has 0 amide bonds. The third kappa shape index (κ3) is 3.94. The summed E-state index contributed by atoms with van der Waals surface area (Å²) in [6.07, 6.45) is -4.52. The van der Waals surface area contributed by atoms with Crippen molar-refractivity contribution >= 4 is 62.2 Å². The molecule has 0 aliphatic carbocycles. The Bertz CT molecular complexity index is 692. The first-order chi connectivity index (χ1) is 9.68. The van der Waals surface area contributed by atoms with Gasteiger partial charge in [-0.05, 0) is 40.2 Å². The van der Waals surface area contributed by atoms with Gasteiger partial charge in [-0.15, -0.1) is 0 Å². The van der Waals surface area contributed by atoms with E-state index in [1.54, 1.807) is 12.1 Å². The molecule has 0 radical (unpaired) electrons. The summed E-state index contributed by atoms with van der Waals surface area (Å²) in [5.41, 5.74) is -0.600. The summed E-state index contributed by atoms with van der Waals surface area (Å²) < 4.78 is 38.7. The highest BCUT2D eigenvalue weighted by atomic mass is 79.9. The van der Waals surface area contributed by atoms with Gasteiger partial charge < -0.3 is 5.32 Å². The Kier molecular flexibility index (Phi) is 4.92. The third-order valence-electron chi connectivity index (χ3n) is 2.42. The van der Waals surface area contributed by atoms with E-state index in [1.165, 1.54) is 0 Å². The maximum absolute atomic E-state index is 12.7. The molecule has 112 valence electrons. The van der Waals surface area contributed by atoms with E-state index in [1.807, 2.05) is 0 Å². The molecule has 0 aliphatic rings. The van der Waals surface area contributed by atoms with E-state index in [0.717, 1.165) is 12.1 Å². The smallest absolute Gasteiger partial charge is 0.339 e. The predicted molar refractivity (Wildman–Crippen MR) is 81.7 cm³/mol. The summed E-state index contributed by atoms with van der Waals surface area (Å²) in [5.74, 6) is -0.0879. The summed E-state index contributed by atoms with van der Waals surface area (Å²) in [7, 11) is 0. The van der Waals surface area contributed by atoms with Gasteiger partial charge in [0.2, 0.25) is 0 Å². The summed E-state index contributed by atoms with van der Waals surface area (Å²) in [4.78, 5) is 3.78. The Morgan fingerprint density at radius 3 is 2.33 bits per heavy atom. The number of anilines is 2. The lowest BCUT2D eigenvalue weighted by atomic mass is 10.2. The number of nitrogens with one attached hydrogen (secondary N) is 1. The van der Waals surface area contributed by atoms with E-state index in [4.69, 9.17) is 34.8 Å². The van der Waals surface area contributed by atoms with Crippen LogP contribution in [0.15, 0.2) is 28.7 Å². The molecule has 0 bridgehead atoms. The van der Waals surface area contributed by atoms with Crippen molar-refractivity contribution in [3.05, 3.63) is 49.5 Å². The van der Waals surface area contributed by atoms with Crippen LogP contribution >= 0.6 is 50.7 Å². The van der Waals surface area contributed by atoms with E-state index >= 15 is 0 Å². The van der Waals surface area contributed by atoms with Gasteiger partial charge in [-0.25, -0.2) is 4.98 Å². The first-order valence-corrected chi connectivity index (χ1v) is 7.26. The third-order valence-corrected chi connectivity index (χ3v) is 4.38. The van der Waals surface area contributed by atoms with Crippen molar-refractivity contribution < 1.29 is 13.2 Å². The van der Waals surface area contributed by atoms with Gasteiger partial charge in [-0.1, -0.05) is 34.8 Å². The molecule has 0 atom stereocenters. The fourth-order valence-electron chi connectivity index (χ4n) is 1.49. The summed E-state index contributed by atoms with van der Waals surface area (Å²) in [6, 6.07) is 4.72. The summed E-state index contributed by atoms with van der Waals surface area (Å²) >= 11 is 20.7. The van der Waals surface area contributed by atoms with Crippen LogP contribution in [-0.4, -0.2) is 4.98 Å². The van der Waals surface area contributed by atoms with Crippen molar-refractivity contribution in [1.82, 2.24) is 4.98 Å². The minimum atomic E-state index is -4.52. The van der Waals surface area contributed by atoms with Crippen LogP contribution in [0.3, 0.4) is 0 Å². The SMILES string of the molecule is FC(F)(F)c1cc(Cl)nc(Nc2ccc(Br)c(Cl)c2Cl)c1. The average molecular weight is 420 g/mol. The lowest BCUT2D eigenvalue weighted by molar-refractivity contribution is -0.137. The summed E-state index contributed by atoms with van der Waals surface area (Å²) in [5, 5.41) is 2.77. The van der Waals surface area contributed by atoms with Crippen molar-refractivity contribution in [2.24, 2.45) is 0 Å². The lowest BCUT2D eigenvalue weighted by Gasteiger charge is -2.12. The fraction of sp³-hybridized carbons (Fsp3) is 0.0833. The van der Waals surface area contributed by atoms with Crippen molar-refractivity contribution in [2.75, 3.05) is 5.32 Å². The van der Waals surface area contributed by atoms with Gasteiger partial charge in [0.05, 0.1) is 21.3 Å². The van der Waals surface area contributed by atoms with Crippen LogP contribution in [0.4, 0.5) is 24.7 Å². The number of pyridine rings is 1. The molecule has 9 heteroatoms. The highest BCUT2D eigenvalue weighted by molar-refractivity contribution is 9.10. The first-order valence-electron chi connectivity index (χ1n) is 5.34. The number of halogens is 7. The zero-order chi connectivity index (χ0) is 15.8. The zero-order valence-corrected chi connectivity index (χ0v) is 13.8. The van der Waals surface area contributed by atoms with Crippen LogP contribution in [0.25, 0.3) is 0 Å². The van der Waals surface area contributed by atoms with Crippen LogP contribution in [0.5, 0.6) is 0 Å². The second-order valence-electron chi connectivity index (χ2n) is 3.91. The monoisotopic (exact) mass is 418 g/mol. The Morgan fingerprint density at radius 2 is 1.71 bits per heavy atom. The van der Waals surface area contributed by atoms with E-state index in [9.17, 15) is 13.2 Å². The number of hydrogen-bond acceptors (Lipinski definition) is 2. The molecule has 21 heavy (non-hydrogen) atoms. The number of rotatable bonds is 2. The van der Waals surface area contributed by atoms with Gasteiger partial charge in [-0.3, -0.25) is 0 Å². The molecule has 0 unspecified atom stereocenters. The molecule has 1 aromatic heterocycles. The molecular formula is C12H5BrCl3F3N2. The highest BCUT2D eigenvalue weighted by Gasteiger charge is 2.31. The largest absolute Gasteiger partial charge is 0.416 e. The van der Waals surface area contributed by atoms with Gasteiger partial charge in [0.1, 0.15) is 11.0 Å². The number of nitrogens with zero attached hydrogens (tertiary/aromatic N) is 1. The van der Waals surface area contributed by atoms with Crippen molar-refractivity contribution in [3.8, 4) is 0 Å². The van der Waals surface area contributed by atoms with E-state index in [2.05, 4.69) is 26.2 Å². The molecule has 2 nitrogen and oxygen atoms in total. The normalized spacial score (nSPS) is 11.6. The second-order valence-corrected chi connectivity index (χ2v) is 5.91. The molecule has 0 spiro atoms. The molecule has 0 saturated heterocycles. The van der Waals surface area contributed by atoms with Crippen LogP contribution in [0, 0.1) is 0 Å². The van der Waals surface area contributed by atoms with Gasteiger partial charge in [0, 0.05) is 4.47 Å². The molecule has 0 aliphatic heterocycles. The van der Waals surface area contributed by atoms with Gasteiger partial charge in [0.25, 0.3) is 0 Å². The Labute approximate surface area is 141 Å². The van der Waals surface area contributed by atoms with Crippen molar-refractivity contribution in [2.45, 2.75) is 6.18 Å². The van der Waals surface area contributed by atoms with Gasteiger partial charge >= 0.3 is 6.18 Å². The van der Waals surface area contributed by atoms with Gasteiger partial charge in [0.15, 0.2) is 0 Å². The highest BCUT2D eigenvalue weighted by Crippen LogP contribution is 2.38. The Morgan fingerprint density at radius 1 is 1.05 bits per heavy atom. The molecule has 1 N–H and O–H groups in total. The van der Waals surface area contributed by atoms with Crippen LogP contribution in [0.1, 0.15) is 5.56 Å². The maximum Gasteiger partial charge on any atom is 0.416 e. The second kappa shape index (κ2) is 6.20. The summed E-state index contributed by atoms with van der Waals surface area (Å²) in [6.45, 7) is 0. The minimum absolute atomic E-state index is 0.0879. The number of aromatic nitrogens is 1. The zero-order valence-electron chi connectivity index (χ0n) is 9.90. The molecule has 2 rings (SSSR count). The fourth-order valence-corrected chi connectivity index (χ4v) is 2.52. The molecule has 2 aromatic rings. The van der Waals surface area contributed by atoms with Crippen LogP contribution < -0.4 is 5.32 Å². The molecular weight excluding hydrogens is 415 g/mol. The van der Waals surface area contributed by atoms with E-state index in [0.29, 0.717) is 10.2 Å². The molecule has 1 aromatic carbocycles. The lowest BCUT2D eigenvalue weighted by Crippen LogP contribution is -2.07. The predicted octanol–water partition coefficient (Wildman–Crippen LogP) is 6.57. The van der Waals surface area contributed by atoms with Crippen molar-refractivity contribution in [1.29, 1.82) is 0 Å².